The van der Waals surface area contributed by atoms with Crippen molar-refractivity contribution >= 4 is 10.9 Å². The van der Waals surface area contributed by atoms with Crippen molar-refractivity contribution in [1.82, 2.24) is 9.55 Å². The molecule has 220 valence electrons. The Balaban J connectivity index is 1.27. The summed E-state index contributed by atoms with van der Waals surface area (Å²) >= 11 is 0. The van der Waals surface area contributed by atoms with Gasteiger partial charge in [-0.15, -0.1) is 0 Å². The normalized spacial score (nSPS) is 11.5. The lowest BCUT2D eigenvalue weighted by molar-refractivity contribution is 0.976. The molecule has 3 nitrogen and oxygen atoms in total. The van der Waals surface area contributed by atoms with E-state index in [0.29, 0.717) is 16.7 Å². The van der Waals surface area contributed by atoms with Crippen molar-refractivity contribution in [1.29, 1.82) is 0 Å². The molecule has 1 aliphatic carbocycles. The molecule has 0 saturated heterocycles. The number of benzene rings is 7. The van der Waals surface area contributed by atoms with E-state index in [9.17, 15) is 4.79 Å². The fourth-order valence-corrected chi connectivity index (χ4v) is 7.00. The molecule has 0 fully saturated rings. The molecule has 9 rings (SSSR count). The maximum atomic E-state index is 14.4. The molecular weight excluding hydrogens is 572 g/mol. The van der Waals surface area contributed by atoms with Crippen LogP contribution in [0.25, 0.3) is 83.6 Å². The Morgan fingerprint density at radius 1 is 0.383 bits per heavy atom. The zero-order chi connectivity index (χ0) is 31.3. The first kappa shape index (κ1) is 27.0. The number of rotatable bonds is 3. The molecule has 1 heterocycles. The molecule has 8 aromatic rings. The van der Waals surface area contributed by atoms with Gasteiger partial charge in [0.15, 0.2) is 0 Å². The quantitative estimate of drug-likeness (QED) is 0.202. The molecule has 0 aliphatic heterocycles. The summed E-state index contributed by atoms with van der Waals surface area (Å²) in [6, 6.07) is 58.4. The second-order valence-corrected chi connectivity index (χ2v) is 11.9. The smallest absolute Gasteiger partial charge is 0.266 e. The number of hydrogen-bond donors (Lipinski definition) is 0. The van der Waals surface area contributed by atoms with Gasteiger partial charge in [-0.3, -0.25) is 9.36 Å². The summed E-state index contributed by atoms with van der Waals surface area (Å²) in [5, 5.41) is 0.581. The molecule has 0 atom stereocenters. The topological polar surface area (TPSA) is 34.9 Å². The minimum Gasteiger partial charge on any atom is -0.268 e. The van der Waals surface area contributed by atoms with Crippen molar-refractivity contribution in [3.8, 4) is 72.7 Å². The third-order valence-electron chi connectivity index (χ3n) is 9.21. The molecule has 0 amide bonds. The van der Waals surface area contributed by atoms with Crippen molar-refractivity contribution in [3.05, 3.63) is 180 Å². The molecule has 0 unspecified atom stereocenters. The Labute approximate surface area is 272 Å². The van der Waals surface area contributed by atoms with Crippen LogP contribution >= 0.6 is 0 Å². The van der Waals surface area contributed by atoms with E-state index in [0.717, 1.165) is 22.4 Å². The SMILES string of the molecule is O=c1c2cc(-c3ccc4c(c3)-c3ccccc3-c3ccccc3-c3ccccc3-4)ccc2nc(-c2ccccc2)n1-c1ccccc1. The summed E-state index contributed by atoms with van der Waals surface area (Å²) in [7, 11) is 0. The molecule has 7 aromatic carbocycles. The van der Waals surface area contributed by atoms with Crippen molar-refractivity contribution in [3.63, 3.8) is 0 Å². The van der Waals surface area contributed by atoms with Gasteiger partial charge in [-0.05, 0) is 86.0 Å². The summed E-state index contributed by atoms with van der Waals surface area (Å²) in [5.74, 6) is 0.624. The number of hydrogen-bond acceptors (Lipinski definition) is 2. The highest BCUT2D eigenvalue weighted by Gasteiger charge is 2.22. The predicted molar refractivity (Wildman–Crippen MR) is 194 cm³/mol. The maximum absolute atomic E-state index is 14.4. The van der Waals surface area contributed by atoms with Crippen molar-refractivity contribution in [2.45, 2.75) is 0 Å². The van der Waals surface area contributed by atoms with Crippen LogP contribution in [0.1, 0.15) is 0 Å². The molecule has 0 spiro atoms. The van der Waals surface area contributed by atoms with Crippen LogP contribution in [-0.2, 0) is 0 Å². The van der Waals surface area contributed by atoms with E-state index in [1.807, 2.05) is 72.8 Å². The minimum atomic E-state index is -0.0935. The minimum absolute atomic E-state index is 0.0935. The largest absolute Gasteiger partial charge is 0.268 e. The molecule has 0 saturated carbocycles. The van der Waals surface area contributed by atoms with Gasteiger partial charge in [-0.2, -0.15) is 0 Å². The van der Waals surface area contributed by atoms with Crippen LogP contribution in [0, 0.1) is 0 Å². The van der Waals surface area contributed by atoms with E-state index in [1.54, 1.807) is 4.57 Å². The van der Waals surface area contributed by atoms with Crippen molar-refractivity contribution < 1.29 is 0 Å². The van der Waals surface area contributed by atoms with E-state index in [1.165, 1.54) is 44.5 Å². The fourth-order valence-electron chi connectivity index (χ4n) is 7.00. The lowest BCUT2D eigenvalue weighted by Gasteiger charge is -2.23. The van der Waals surface area contributed by atoms with E-state index in [2.05, 4.69) is 97.1 Å². The first-order chi connectivity index (χ1) is 23.2. The molecule has 3 heteroatoms. The average Bonchev–Trinajstić information content (AvgIpc) is 3.14. The lowest BCUT2D eigenvalue weighted by Crippen LogP contribution is -2.22. The Morgan fingerprint density at radius 3 is 1.40 bits per heavy atom. The maximum Gasteiger partial charge on any atom is 0.266 e. The van der Waals surface area contributed by atoms with E-state index < -0.39 is 0 Å². The first-order valence-corrected chi connectivity index (χ1v) is 15.9. The van der Waals surface area contributed by atoms with Crippen LogP contribution in [0.3, 0.4) is 0 Å². The highest BCUT2D eigenvalue weighted by Crippen LogP contribution is 2.48. The number of aromatic nitrogens is 2. The first-order valence-electron chi connectivity index (χ1n) is 15.9. The van der Waals surface area contributed by atoms with Gasteiger partial charge in [0.25, 0.3) is 5.56 Å². The van der Waals surface area contributed by atoms with Crippen molar-refractivity contribution in [2.24, 2.45) is 0 Å². The Bertz CT molecular complexity index is 2530. The van der Waals surface area contributed by atoms with E-state index in [-0.39, 0.29) is 5.56 Å². The summed E-state index contributed by atoms with van der Waals surface area (Å²) in [5.41, 5.74) is 13.9. The third-order valence-corrected chi connectivity index (χ3v) is 9.21. The third kappa shape index (κ3) is 4.44. The van der Waals surface area contributed by atoms with E-state index in [4.69, 9.17) is 4.98 Å². The summed E-state index contributed by atoms with van der Waals surface area (Å²) in [6.07, 6.45) is 0. The standard InChI is InChI=1S/C44H28N2O/c47-44-41-28-31(24-26-42(41)45-43(29-13-3-1-4-14-29)46(44)32-15-5-2-6-16-32)30-23-25-39-37-21-10-9-19-35(37)33-17-7-8-18-34(33)36-20-11-12-22-38(36)40(39)27-30/h1-28H. The van der Waals surface area contributed by atoms with Gasteiger partial charge in [0, 0.05) is 5.56 Å². The number of fused-ring (bicyclic) bond motifs is 9. The second-order valence-electron chi connectivity index (χ2n) is 11.9. The highest BCUT2D eigenvalue weighted by atomic mass is 16.1. The summed E-state index contributed by atoms with van der Waals surface area (Å²) in [4.78, 5) is 19.4. The zero-order valence-electron chi connectivity index (χ0n) is 25.5. The summed E-state index contributed by atoms with van der Waals surface area (Å²) in [6.45, 7) is 0. The molecule has 0 radical (unpaired) electrons. The molecule has 0 bridgehead atoms. The second kappa shape index (κ2) is 10.9. The van der Waals surface area contributed by atoms with Gasteiger partial charge in [0.05, 0.1) is 16.6 Å². The van der Waals surface area contributed by atoms with Gasteiger partial charge in [-0.25, -0.2) is 4.98 Å². The zero-order valence-corrected chi connectivity index (χ0v) is 25.5. The van der Waals surface area contributed by atoms with Gasteiger partial charge >= 0.3 is 0 Å². The van der Waals surface area contributed by atoms with Crippen LogP contribution < -0.4 is 5.56 Å². The molecule has 47 heavy (non-hydrogen) atoms. The molecule has 1 aromatic heterocycles. The Hall–Kier alpha value is -6.32. The van der Waals surface area contributed by atoms with Crippen LogP contribution in [0.15, 0.2) is 175 Å². The molecule has 0 N–H and O–H groups in total. The monoisotopic (exact) mass is 600 g/mol. The van der Waals surface area contributed by atoms with Gasteiger partial charge in [-0.1, -0.05) is 140 Å². The van der Waals surface area contributed by atoms with Crippen molar-refractivity contribution in [2.75, 3.05) is 0 Å². The van der Waals surface area contributed by atoms with Gasteiger partial charge < -0.3 is 0 Å². The molecular formula is C44H28N2O. The van der Waals surface area contributed by atoms with E-state index >= 15 is 0 Å². The van der Waals surface area contributed by atoms with Gasteiger partial charge in [0.1, 0.15) is 5.82 Å². The highest BCUT2D eigenvalue weighted by molar-refractivity contribution is 6.04. The molecule has 1 aliphatic rings. The lowest BCUT2D eigenvalue weighted by atomic mass is 9.80. The van der Waals surface area contributed by atoms with Crippen LogP contribution in [0.5, 0.6) is 0 Å². The average molecular weight is 601 g/mol. The Morgan fingerprint density at radius 2 is 0.830 bits per heavy atom. The fraction of sp³-hybridized carbons (Fsp3) is 0. The van der Waals surface area contributed by atoms with Crippen LogP contribution in [-0.4, -0.2) is 9.55 Å². The van der Waals surface area contributed by atoms with Crippen LogP contribution in [0.2, 0.25) is 0 Å². The summed E-state index contributed by atoms with van der Waals surface area (Å²) < 4.78 is 1.73. The predicted octanol–water partition coefficient (Wildman–Crippen LogP) is 10.7. The Kier molecular flexibility index (Phi) is 6.29. The van der Waals surface area contributed by atoms with Gasteiger partial charge in [0.2, 0.25) is 0 Å². The van der Waals surface area contributed by atoms with Crippen LogP contribution in [0.4, 0.5) is 0 Å². The number of nitrogens with zero attached hydrogens (tertiary/aromatic N) is 2. The number of para-hydroxylation sites is 1.